The molecule has 1 saturated heterocycles. The van der Waals surface area contributed by atoms with Crippen LogP contribution in [0.3, 0.4) is 0 Å². The topological polar surface area (TPSA) is 97.0 Å². The number of hydrogen-bond donors (Lipinski definition) is 2. The highest BCUT2D eigenvalue weighted by Gasteiger charge is 2.20. The Morgan fingerprint density at radius 1 is 1.03 bits per heavy atom. The number of hydrogen-bond acceptors (Lipinski definition) is 6. The molecule has 9 heteroatoms. The molecule has 0 spiro atoms. The van der Waals surface area contributed by atoms with Gasteiger partial charge in [-0.15, -0.1) is 0 Å². The first-order chi connectivity index (χ1) is 14.9. The number of methoxy groups -OCH3 is 1. The first kappa shape index (κ1) is 23.2. The molecule has 0 bridgehead atoms. The first-order valence-electron chi connectivity index (χ1n) is 10.2. The van der Waals surface area contributed by atoms with Crippen molar-refractivity contribution in [1.29, 1.82) is 0 Å². The maximum Gasteiger partial charge on any atom is 0.262 e. The Morgan fingerprint density at radius 2 is 1.68 bits per heavy atom. The molecule has 0 radical (unpaired) electrons. The third-order valence-corrected chi connectivity index (χ3v) is 6.72. The number of carbonyl (C=O) groups is 1. The minimum absolute atomic E-state index is 0.0372. The number of likely N-dealkylation sites (tertiary alicyclic amines) is 1. The Bertz CT molecular complexity index is 954. The Balaban J connectivity index is 1.43. The van der Waals surface area contributed by atoms with E-state index in [1.165, 1.54) is 36.9 Å². The zero-order chi connectivity index (χ0) is 22.3. The maximum absolute atomic E-state index is 12.4. The summed E-state index contributed by atoms with van der Waals surface area (Å²) in [5.74, 6) is 1.09. The first-order valence-corrected chi connectivity index (χ1v) is 11.7. The van der Waals surface area contributed by atoms with Gasteiger partial charge in [-0.25, -0.2) is 8.42 Å². The lowest BCUT2D eigenvalue weighted by atomic mass is 9.96. The van der Waals surface area contributed by atoms with Crippen molar-refractivity contribution in [3.63, 3.8) is 0 Å². The summed E-state index contributed by atoms with van der Waals surface area (Å²) in [5.41, 5.74) is 1.69. The standard InChI is InChI=1S/C22H29N3O5S/c1-29-20-7-3-18(4-8-20)16-25-13-11-17(12-14-25)15-23-22(26)19-5-9-21(10-6-19)31(27,28)24-30-2/h3-10,17,24H,11-16H2,1-2H3,(H,23,26). The molecule has 0 aromatic heterocycles. The highest BCUT2D eigenvalue weighted by molar-refractivity contribution is 7.89. The quantitative estimate of drug-likeness (QED) is 0.572. The van der Waals surface area contributed by atoms with E-state index in [9.17, 15) is 13.2 Å². The predicted molar refractivity (Wildman–Crippen MR) is 117 cm³/mol. The summed E-state index contributed by atoms with van der Waals surface area (Å²) in [6.45, 7) is 3.51. The maximum atomic E-state index is 12.4. The van der Waals surface area contributed by atoms with Crippen molar-refractivity contribution in [2.45, 2.75) is 24.3 Å². The highest BCUT2D eigenvalue weighted by atomic mass is 32.2. The van der Waals surface area contributed by atoms with Gasteiger partial charge < -0.3 is 10.1 Å². The molecule has 1 aliphatic rings. The van der Waals surface area contributed by atoms with Gasteiger partial charge in [-0.3, -0.25) is 14.5 Å². The van der Waals surface area contributed by atoms with Crippen molar-refractivity contribution in [2.75, 3.05) is 33.9 Å². The summed E-state index contributed by atoms with van der Waals surface area (Å²) in [4.78, 5) is 21.3. The van der Waals surface area contributed by atoms with Gasteiger partial charge in [0.15, 0.2) is 0 Å². The molecule has 2 aromatic rings. The van der Waals surface area contributed by atoms with E-state index in [1.54, 1.807) is 7.11 Å². The summed E-state index contributed by atoms with van der Waals surface area (Å²) in [6, 6.07) is 13.9. The molecular formula is C22H29N3O5S. The van der Waals surface area contributed by atoms with Crippen LogP contribution in [-0.2, 0) is 21.4 Å². The normalized spacial score (nSPS) is 15.5. The Kier molecular flexibility index (Phi) is 8.03. The van der Waals surface area contributed by atoms with E-state index in [4.69, 9.17) is 4.74 Å². The second kappa shape index (κ2) is 10.7. The largest absolute Gasteiger partial charge is 0.497 e. The Morgan fingerprint density at radius 3 is 2.26 bits per heavy atom. The van der Waals surface area contributed by atoms with Crippen molar-refractivity contribution >= 4 is 15.9 Å². The monoisotopic (exact) mass is 447 g/mol. The minimum Gasteiger partial charge on any atom is -0.497 e. The molecule has 2 aromatic carbocycles. The molecule has 2 N–H and O–H groups in total. The third kappa shape index (κ3) is 6.51. The lowest BCUT2D eigenvalue weighted by molar-refractivity contribution is 0.0935. The molecule has 1 amide bonds. The SMILES string of the molecule is CONS(=O)(=O)c1ccc(C(=O)NCC2CCN(Cc3ccc(OC)cc3)CC2)cc1. The van der Waals surface area contributed by atoms with Gasteiger partial charge in [0, 0.05) is 18.7 Å². The van der Waals surface area contributed by atoms with Crippen LogP contribution >= 0.6 is 0 Å². The molecule has 1 fully saturated rings. The molecule has 168 valence electrons. The van der Waals surface area contributed by atoms with E-state index in [2.05, 4.69) is 27.2 Å². The fourth-order valence-electron chi connectivity index (χ4n) is 3.62. The number of benzene rings is 2. The highest BCUT2D eigenvalue weighted by Crippen LogP contribution is 2.20. The van der Waals surface area contributed by atoms with E-state index >= 15 is 0 Å². The molecule has 1 heterocycles. The zero-order valence-electron chi connectivity index (χ0n) is 17.8. The fraction of sp³-hybridized carbons (Fsp3) is 0.409. The zero-order valence-corrected chi connectivity index (χ0v) is 18.7. The molecule has 0 saturated carbocycles. The van der Waals surface area contributed by atoms with Crippen molar-refractivity contribution in [3.8, 4) is 5.75 Å². The van der Waals surface area contributed by atoms with Gasteiger partial charge >= 0.3 is 0 Å². The minimum atomic E-state index is -3.73. The average Bonchev–Trinajstić information content (AvgIpc) is 2.79. The lowest BCUT2D eigenvalue weighted by Gasteiger charge is -2.32. The van der Waals surface area contributed by atoms with E-state index in [-0.39, 0.29) is 10.8 Å². The molecule has 0 unspecified atom stereocenters. The van der Waals surface area contributed by atoms with Crippen molar-refractivity contribution < 1.29 is 22.8 Å². The van der Waals surface area contributed by atoms with Crippen LogP contribution in [0.1, 0.15) is 28.8 Å². The van der Waals surface area contributed by atoms with Crippen LogP contribution in [-0.4, -0.2) is 53.1 Å². The number of rotatable bonds is 9. The fourth-order valence-corrected chi connectivity index (χ4v) is 4.43. The van der Waals surface area contributed by atoms with E-state index in [0.717, 1.165) is 38.2 Å². The second-order valence-corrected chi connectivity index (χ2v) is 9.24. The number of nitrogens with zero attached hydrogens (tertiary/aromatic N) is 1. The van der Waals surface area contributed by atoms with Crippen LogP contribution in [0.2, 0.25) is 0 Å². The molecule has 0 aliphatic carbocycles. The van der Waals surface area contributed by atoms with Crippen LogP contribution in [0.15, 0.2) is 53.4 Å². The Hall–Kier alpha value is -2.46. The Labute approximate surface area is 183 Å². The van der Waals surface area contributed by atoms with Crippen molar-refractivity contribution in [2.24, 2.45) is 5.92 Å². The van der Waals surface area contributed by atoms with Gasteiger partial charge in [0.25, 0.3) is 15.9 Å². The van der Waals surface area contributed by atoms with Gasteiger partial charge in [0.2, 0.25) is 0 Å². The third-order valence-electron chi connectivity index (χ3n) is 5.44. The van der Waals surface area contributed by atoms with Crippen molar-refractivity contribution in [3.05, 3.63) is 59.7 Å². The molecule has 0 atom stereocenters. The summed E-state index contributed by atoms with van der Waals surface area (Å²) >= 11 is 0. The van der Waals surface area contributed by atoms with E-state index in [1.807, 2.05) is 17.0 Å². The molecule has 8 nitrogen and oxygen atoms in total. The van der Waals surface area contributed by atoms with Crippen LogP contribution in [0.5, 0.6) is 5.75 Å². The number of carbonyl (C=O) groups excluding carboxylic acids is 1. The van der Waals surface area contributed by atoms with Gasteiger partial charge in [-0.2, -0.15) is 0 Å². The summed E-state index contributed by atoms with van der Waals surface area (Å²) in [6.07, 6.45) is 2.05. The number of sulfonamides is 1. The van der Waals surface area contributed by atoms with E-state index < -0.39 is 10.0 Å². The van der Waals surface area contributed by atoms with Crippen LogP contribution in [0.25, 0.3) is 0 Å². The average molecular weight is 448 g/mol. The second-order valence-electron chi connectivity index (χ2n) is 7.59. The summed E-state index contributed by atoms with van der Waals surface area (Å²) in [5, 5.41) is 2.97. The molecule has 3 rings (SSSR count). The number of ether oxygens (including phenoxy) is 1. The van der Waals surface area contributed by atoms with Gasteiger partial charge in [-0.1, -0.05) is 17.0 Å². The van der Waals surface area contributed by atoms with E-state index in [0.29, 0.717) is 18.0 Å². The van der Waals surface area contributed by atoms with Crippen LogP contribution < -0.4 is 14.9 Å². The molecule has 31 heavy (non-hydrogen) atoms. The van der Waals surface area contributed by atoms with Gasteiger partial charge in [0.1, 0.15) is 5.75 Å². The number of piperidine rings is 1. The van der Waals surface area contributed by atoms with Crippen LogP contribution in [0, 0.1) is 5.92 Å². The summed E-state index contributed by atoms with van der Waals surface area (Å²) < 4.78 is 28.9. The lowest BCUT2D eigenvalue weighted by Crippen LogP contribution is -2.38. The molecular weight excluding hydrogens is 418 g/mol. The van der Waals surface area contributed by atoms with Gasteiger partial charge in [0.05, 0.1) is 19.1 Å². The predicted octanol–water partition coefficient (Wildman–Crippen LogP) is 2.18. The smallest absolute Gasteiger partial charge is 0.262 e. The van der Waals surface area contributed by atoms with Crippen LogP contribution in [0.4, 0.5) is 0 Å². The van der Waals surface area contributed by atoms with Crippen molar-refractivity contribution in [1.82, 2.24) is 15.1 Å². The number of amides is 1. The van der Waals surface area contributed by atoms with Gasteiger partial charge in [-0.05, 0) is 73.8 Å². The molecule has 1 aliphatic heterocycles. The number of nitrogens with one attached hydrogen (secondary N) is 2. The summed E-state index contributed by atoms with van der Waals surface area (Å²) in [7, 11) is -0.838.